The molecule has 7 heteroatoms. The maximum atomic E-state index is 11.4. The van der Waals surface area contributed by atoms with Crippen molar-refractivity contribution in [2.45, 2.75) is 32.2 Å². The van der Waals surface area contributed by atoms with Crippen LogP contribution in [0.5, 0.6) is 0 Å². The number of aryl methyl sites for hydroxylation is 1. The van der Waals surface area contributed by atoms with Crippen LogP contribution in [0.2, 0.25) is 0 Å². The summed E-state index contributed by atoms with van der Waals surface area (Å²) >= 11 is 0. The van der Waals surface area contributed by atoms with E-state index in [1.165, 1.54) is 0 Å². The lowest BCUT2D eigenvalue weighted by molar-refractivity contribution is -0.120. The van der Waals surface area contributed by atoms with E-state index in [2.05, 4.69) is 30.4 Å². The Morgan fingerprint density at radius 1 is 1.17 bits per heavy atom. The van der Waals surface area contributed by atoms with Crippen LogP contribution in [-0.4, -0.2) is 77.5 Å². The number of piperidine rings is 1. The van der Waals surface area contributed by atoms with Crippen LogP contribution in [-0.2, 0) is 4.79 Å². The van der Waals surface area contributed by atoms with E-state index in [4.69, 9.17) is 0 Å². The van der Waals surface area contributed by atoms with Crippen LogP contribution in [0.15, 0.2) is 12.4 Å². The maximum absolute atomic E-state index is 11.4. The Morgan fingerprint density at radius 2 is 1.92 bits per heavy atom. The van der Waals surface area contributed by atoms with E-state index in [1.54, 1.807) is 6.33 Å². The molecule has 0 saturated carbocycles. The molecule has 7 nitrogen and oxygen atoms in total. The molecule has 2 aliphatic rings. The molecule has 24 heavy (non-hydrogen) atoms. The zero-order valence-electron chi connectivity index (χ0n) is 14.5. The Morgan fingerprint density at radius 3 is 2.67 bits per heavy atom. The second kappa shape index (κ2) is 8.39. The van der Waals surface area contributed by atoms with E-state index in [9.17, 15) is 4.79 Å². The fourth-order valence-corrected chi connectivity index (χ4v) is 3.36. The van der Waals surface area contributed by atoms with E-state index in [1.807, 2.05) is 13.0 Å². The van der Waals surface area contributed by atoms with E-state index in [0.717, 1.165) is 70.2 Å². The summed E-state index contributed by atoms with van der Waals surface area (Å²) in [6.07, 6.45) is 4.53. The Balaban J connectivity index is 1.37. The first-order chi connectivity index (χ1) is 11.7. The van der Waals surface area contributed by atoms with E-state index < -0.39 is 0 Å². The molecule has 0 aromatic carbocycles. The zero-order chi connectivity index (χ0) is 16.8. The molecule has 3 heterocycles. The number of nitrogens with zero attached hydrogens (tertiary/aromatic N) is 4. The van der Waals surface area contributed by atoms with Crippen molar-refractivity contribution in [2.75, 3.05) is 51.1 Å². The molecule has 2 N–H and O–H groups in total. The molecule has 1 aromatic rings. The summed E-state index contributed by atoms with van der Waals surface area (Å²) in [7, 11) is 0. The van der Waals surface area contributed by atoms with Gasteiger partial charge in [0.1, 0.15) is 12.1 Å². The first-order valence-electron chi connectivity index (χ1n) is 8.95. The number of nitrogens with one attached hydrogen (secondary N) is 2. The summed E-state index contributed by atoms with van der Waals surface area (Å²) in [6.45, 7) is 9.00. The van der Waals surface area contributed by atoms with Crippen LogP contribution in [0.4, 0.5) is 5.82 Å². The molecule has 2 fully saturated rings. The van der Waals surface area contributed by atoms with Crippen molar-refractivity contribution in [3.8, 4) is 0 Å². The molecule has 0 unspecified atom stereocenters. The summed E-state index contributed by atoms with van der Waals surface area (Å²) in [6, 6.07) is 2.50. The highest BCUT2D eigenvalue weighted by Gasteiger charge is 2.20. The third kappa shape index (κ3) is 5.14. The first kappa shape index (κ1) is 17.1. The van der Waals surface area contributed by atoms with Gasteiger partial charge in [0.05, 0.1) is 0 Å². The largest absolute Gasteiger partial charge is 0.367 e. The second-order valence-electron chi connectivity index (χ2n) is 6.75. The predicted octanol–water partition coefficient (Wildman–Crippen LogP) is 0.483. The van der Waals surface area contributed by atoms with Crippen LogP contribution in [0.1, 0.15) is 25.0 Å². The van der Waals surface area contributed by atoms with Gasteiger partial charge >= 0.3 is 0 Å². The van der Waals surface area contributed by atoms with E-state index in [-0.39, 0.29) is 5.91 Å². The molecule has 1 aromatic heterocycles. The van der Waals surface area contributed by atoms with Crippen molar-refractivity contribution in [1.29, 1.82) is 0 Å². The molecular formula is C17H28N6O. The van der Waals surface area contributed by atoms with Gasteiger partial charge < -0.3 is 15.5 Å². The van der Waals surface area contributed by atoms with Gasteiger partial charge in [-0.1, -0.05) is 0 Å². The molecule has 1 amide bonds. The lowest BCUT2D eigenvalue weighted by Gasteiger charge is -2.33. The van der Waals surface area contributed by atoms with Gasteiger partial charge in [0, 0.05) is 70.0 Å². The van der Waals surface area contributed by atoms with Crippen molar-refractivity contribution in [3.63, 3.8) is 0 Å². The fourth-order valence-electron chi connectivity index (χ4n) is 3.36. The minimum atomic E-state index is 0.185. The average Bonchev–Trinajstić information content (AvgIpc) is 2.79. The third-order valence-corrected chi connectivity index (χ3v) is 4.88. The highest BCUT2D eigenvalue weighted by Crippen LogP contribution is 2.15. The number of amides is 1. The Labute approximate surface area is 143 Å². The van der Waals surface area contributed by atoms with Crippen molar-refractivity contribution < 1.29 is 4.79 Å². The quantitative estimate of drug-likeness (QED) is 0.817. The van der Waals surface area contributed by atoms with Crippen molar-refractivity contribution in [1.82, 2.24) is 25.1 Å². The zero-order valence-corrected chi connectivity index (χ0v) is 14.5. The smallest absolute Gasteiger partial charge is 0.221 e. The number of hydrogen-bond acceptors (Lipinski definition) is 6. The SMILES string of the molecule is Cc1cc(NC2CCN(CCN3CCNC(=O)CC3)CC2)ncn1. The normalized spacial score (nSPS) is 21.3. The van der Waals surface area contributed by atoms with E-state index in [0.29, 0.717) is 12.5 Å². The molecule has 3 rings (SSSR count). The highest BCUT2D eigenvalue weighted by atomic mass is 16.1. The molecule has 132 valence electrons. The molecule has 0 radical (unpaired) electrons. The number of likely N-dealkylation sites (tertiary alicyclic amines) is 1. The molecule has 0 bridgehead atoms. The second-order valence-corrected chi connectivity index (χ2v) is 6.75. The van der Waals surface area contributed by atoms with Gasteiger partial charge in [0.15, 0.2) is 0 Å². The summed E-state index contributed by atoms with van der Waals surface area (Å²) in [5, 5.41) is 6.46. The van der Waals surface area contributed by atoms with Crippen LogP contribution in [0.3, 0.4) is 0 Å². The standard InChI is InChI=1S/C17H28N6O/c1-14-12-16(20-13-19-14)21-15-2-6-22(7-3-15)10-11-23-8-4-17(24)18-5-9-23/h12-13,15H,2-11H2,1H3,(H,18,24)(H,19,20,21). The fraction of sp³-hybridized carbons (Fsp3) is 0.706. The third-order valence-electron chi connectivity index (χ3n) is 4.88. The van der Waals surface area contributed by atoms with Crippen molar-refractivity contribution >= 4 is 11.7 Å². The van der Waals surface area contributed by atoms with Crippen LogP contribution in [0.25, 0.3) is 0 Å². The molecule has 0 spiro atoms. The Hall–Kier alpha value is -1.73. The van der Waals surface area contributed by atoms with Crippen LogP contribution < -0.4 is 10.6 Å². The topological polar surface area (TPSA) is 73.4 Å². The van der Waals surface area contributed by atoms with Gasteiger partial charge in [-0.25, -0.2) is 9.97 Å². The number of hydrogen-bond donors (Lipinski definition) is 2. The molecule has 2 saturated heterocycles. The van der Waals surface area contributed by atoms with Gasteiger partial charge in [0.25, 0.3) is 0 Å². The lowest BCUT2D eigenvalue weighted by atomic mass is 10.1. The summed E-state index contributed by atoms with van der Waals surface area (Å²) < 4.78 is 0. The molecular weight excluding hydrogens is 304 g/mol. The van der Waals surface area contributed by atoms with Crippen LogP contribution in [0, 0.1) is 6.92 Å². The molecule has 2 aliphatic heterocycles. The van der Waals surface area contributed by atoms with Crippen molar-refractivity contribution in [2.24, 2.45) is 0 Å². The predicted molar refractivity (Wildman–Crippen MR) is 93.9 cm³/mol. The highest BCUT2D eigenvalue weighted by molar-refractivity contribution is 5.76. The summed E-state index contributed by atoms with van der Waals surface area (Å²) in [5.41, 5.74) is 0.996. The number of aromatic nitrogens is 2. The number of carbonyl (C=O) groups excluding carboxylic acids is 1. The van der Waals surface area contributed by atoms with Gasteiger partial charge in [-0.3, -0.25) is 9.69 Å². The lowest BCUT2D eigenvalue weighted by Crippen LogP contribution is -2.43. The molecule has 0 atom stereocenters. The van der Waals surface area contributed by atoms with Gasteiger partial charge in [-0.05, 0) is 19.8 Å². The van der Waals surface area contributed by atoms with Gasteiger partial charge in [-0.15, -0.1) is 0 Å². The minimum absolute atomic E-state index is 0.185. The van der Waals surface area contributed by atoms with Crippen LogP contribution >= 0.6 is 0 Å². The minimum Gasteiger partial charge on any atom is -0.367 e. The average molecular weight is 332 g/mol. The van der Waals surface area contributed by atoms with Gasteiger partial charge in [0.2, 0.25) is 5.91 Å². The number of carbonyl (C=O) groups is 1. The summed E-state index contributed by atoms with van der Waals surface area (Å²) in [4.78, 5) is 24.7. The van der Waals surface area contributed by atoms with Crippen molar-refractivity contribution in [3.05, 3.63) is 18.1 Å². The first-order valence-corrected chi connectivity index (χ1v) is 8.95. The van der Waals surface area contributed by atoms with E-state index >= 15 is 0 Å². The number of anilines is 1. The van der Waals surface area contributed by atoms with Gasteiger partial charge in [-0.2, -0.15) is 0 Å². The number of rotatable bonds is 5. The Kier molecular flexibility index (Phi) is 5.98. The summed E-state index contributed by atoms with van der Waals surface area (Å²) in [5.74, 6) is 1.12. The monoisotopic (exact) mass is 332 g/mol. The molecule has 0 aliphatic carbocycles. The Bertz CT molecular complexity index is 544. The maximum Gasteiger partial charge on any atom is 0.221 e.